The fraction of sp³-hybridized carbons (Fsp3) is 0.778. The number of amides is 3. The first-order chi connectivity index (χ1) is 7.09. The molecule has 0 aliphatic carbocycles. The van der Waals surface area contributed by atoms with Crippen molar-refractivity contribution in [1.29, 1.82) is 0 Å². The number of hydrogen-bond donors (Lipinski definition) is 3. The summed E-state index contributed by atoms with van der Waals surface area (Å²) in [7, 11) is 1.98. The summed E-state index contributed by atoms with van der Waals surface area (Å²) >= 11 is 0. The molecule has 94 valence electrons. The molecule has 1 atom stereocenters. The van der Waals surface area contributed by atoms with Gasteiger partial charge in [0.25, 0.3) is 0 Å². The molecule has 0 saturated carbocycles. The van der Waals surface area contributed by atoms with Crippen molar-refractivity contribution in [2.45, 2.75) is 18.9 Å². The molecular formula is C9H19ClN4O2. The number of carbonyl (C=O) groups is 2. The van der Waals surface area contributed by atoms with Gasteiger partial charge >= 0.3 is 6.03 Å². The Morgan fingerprint density at radius 2 is 2.25 bits per heavy atom. The summed E-state index contributed by atoms with van der Waals surface area (Å²) < 4.78 is 0. The standard InChI is InChI=1S/C9H18N4O2.ClH/c1-13(7-2-4-11-6-7)5-3-8(14)12-9(10)15;/h7,11H,2-6H2,1H3,(H3,10,12,14,15);1H. The highest BCUT2D eigenvalue weighted by Crippen LogP contribution is 2.05. The number of nitrogens with one attached hydrogen (secondary N) is 2. The molecule has 1 rings (SSSR count). The Morgan fingerprint density at radius 1 is 1.56 bits per heavy atom. The van der Waals surface area contributed by atoms with Gasteiger partial charge in [-0.05, 0) is 20.0 Å². The molecule has 1 saturated heterocycles. The topological polar surface area (TPSA) is 87.5 Å². The summed E-state index contributed by atoms with van der Waals surface area (Å²) in [6.07, 6.45) is 1.41. The number of imide groups is 1. The molecule has 4 N–H and O–H groups in total. The SMILES string of the molecule is CN(CCC(=O)NC(N)=O)C1CCNC1.Cl. The molecule has 0 aromatic carbocycles. The Bertz CT molecular complexity index is 244. The first-order valence-corrected chi connectivity index (χ1v) is 5.10. The van der Waals surface area contributed by atoms with Gasteiger partial charge < -0.3 is 16.0 Å². The molecular weight excluding hydrogens is 232 g/mol. The largest absolute Gasteiger partial charge is 0.351 e. The second-order valence-corrected chi connectivity index (χ2v) is 3.79. The number of nitrogens with zero attached hydrogens (tertiary/aromatic N) is 1. The molecule has 3 amide bonds. The van der Waals surface area contributed by atoms with Crippen LogP contribution in [0.1, 0.15) is 12.8 Å². The molecule has 0 aromatic heterocycles. The van der Waals surface area contributed by atoms with E-state index >= 15 is 0 Å². The van der Waals surface area contributed by atoms with Gasteiger partial charge in [0.1, 0.15) is 0 Å². The maximum atomic E-state index is 11.1. The summed E-state index contributed by atoms with van der Waals surface area (Å²) in [5, 5.41) is 5.30. The second-order valence-electron chi connectivity index (χ2n) is 3.79. The maximum Gasteiger partial charge on any atom is 0.318 e. The molecule has 1 aliphatic heterocycles. The van der Waals surface area contributed by atoms with Crippen LogP contribution in [-0.2, 0) is 4.79 Å². The lowest BCUT2D eigenvalue weighted by Crippen LogP contribution is -2.39. The molecule has 16 heavy (non-hydrogen) atoms. The highest BCUT2D eigenvalue weighted by atomic mass is 35.5. The lowest BCUT2D eigenvalue weighted by Gasteiger charge is -2.22. The number of nitrogens with two attached hydrogens (primary N) is 1. The zero-order chi connectivity index (χ0) is 11.3. The minimum atomic E-state index is -0.787. The second kappa shape index (κ2) is 7.43. The van der Waals surface area contributed by atoms with Crippen molar-refractivity contribution in [3.63, 3.8) is 0 Å². The van der Waals surface area contributed by atoms with Crippen LogP contribution in [0.15, 0.2) is 0 Å². The van der Waals surface area contributed by atoms with Gasteiger partial charge in [-0.2, -0.15) is 0 Å². The fourth-order valence-electron chi connectivity index (χ4n) is 1.68. The van der Waals surface area contributed by atoms with Crippen LogP contribution in [0, 0.1) is 0 Å². The predicted molar refractivity (Wildman–Crippen MR) is 63.5 cm³/mol. The Kier molecular flexibility index (Phi) is 7.03. The van der Waals surface area contributed by atoms with Gasteiger partial charge in [0, 0.05) is 25.6 Å². The van der Waals surface area contributed by atoms with Crippen LogP contribution < -0.4 is 16.4 Å². The Morgan fingerprint density at radius 3 is 2.75 bits per heavy atom. The summed E-state index contributed by atoms with van der Waals surface area (Å²) in [6, 6.07) is -0.295. The van der Waals surface area contributed by atoms with Crippen molar-refractivity contribution in [3.05, 3.63) is 0 Å². The predicted octanol–water partition coefficient (Wildman–Crippen LogP) is -0.713. The lowest BCUT2D eigenvalue weighted by atomic mass is 10.2. The third-order valence-corrected chi connectivity index (χ3v) is 2.61. The van der Waals surface area contributed by atoms with Crippen LogP contribution in [0.5, 0.6) is 0 Å². The summed E-state index contributed by atoms with van der Waals surface area (Å²) in [5.74, 6) is -0.319. The van der Waals surface area contributed by atoms with Gasteiger partial charge in [-0.15, -0.1) is 12.4 Å². The van der Waals surface area contributed by atoms with Crippen molar-refractivity contribution in [2.75, 3.05) is 26.7 Å². The minimum absolute atomic E-state index is 0. The van der Waals surface area contributed by atoms with Crippen molar-refractivity contribution < 1.29 is 9.59 Å². The Balaban J connectivity index is 0.00000225. The van der Waals surface area contributed by atoms with E-state index in [0.29, 0.717) is 19.0 Å². The van der Waals surface area contributed by atoms with Crippen LogP contribution in [0.2, 0.25) is 0 Å². The molecule has 0 aromatic rings. The van der Waals surface area contributed by atoms with E-state index < -0.39 is 6.03 Å². The molecule has 0 radical (unpaired) electrons. The van der Waals surface area contributed by atoms with Crippen LogP contribution in [0.25, 0.3) is 0 Å². The number of urea groups is 1. The molecule has 0 bridgehead atoms. The molecule has 1 unspecified atom stereocenters. The highest BCUT2D eigenvalue weighted by Gasteiger charge is 2.19. The van der Waals surface area contributed by atoms with E-state index in [4.69, 9.17) is 5.73 Å². The number of carbonyl (C=O) groups excluding carboxylic acids is 2. The number of halogens is 1. The number of rotatable bonds is 4. The van der Waals surface area contributed by atoms with E-state index in [9.17, 15) is 9.59 Å². The zero-order valence-electron chi connectivity index (χ0n) is 9.36. The monoisotopic (exact) mass is 250 g/mol. The van der Waals surface area contributed by atoms with Gasteiger partial charge in [-0.25, -0.2) is 4.79 Å². The average molecular weight is 251 g/mol. The summed E-state index contributed by atoms with van der Waals surface area (Å²) in [6.45, 7) is 2.64. The third kappa shape index (κ3) is 5.29. The summed E-state index contributed by atoms with van der Waals surface area (Å²) in [5.41, 5.74) is 4.83. The lowest BCUT2D eigenvalue weighted by molar-refractivity contribution is -0.120. The third-order valence-electron chi connectivity index (χ3n) is 2.61. The fourth-order valence-corrected chi connectivity index (χ4v) is 1.68. The van der Waals surface area contributed by atoms with Crippen molar-refractivity contribution >= 4 is 24.3 Å². The van der Waals surface area contributed by atoms with Crippen LogP contribution in [0.4, 0.5) is 4.79 Å². The zero-order valence-corrected chi connectivity index (χ0v) is 10.2. The van der Waals surface area contributed by atoms with Crippen LogP contribution >= 0.6 is 12.4 Å². The van der Waals surface area contributed by atoms with Crippen LogP contribution in [-0.4, -0.2) is 49.6 Å². The number of likely N-dealkylation sites (N-methyl/N-ethyl adjacent to an activating group) is 1. The number of primary amides is 1. The maximum absolute atomic E-state index is 11.1. The Labute approximate surface area is 101 Å². The normalized spacial score (nSPS) is 19.2. The number of hydrogen-bond acceptors (Lipinski definition) is 4. The molecule has 6 nitrogen and oxygen atoms in total. The van der Waals surface area contributed by atoms with Crippen molar-refractivity contribution in [2.24, 2.45) is 5.73 Å². The van der Waals surface area contributed by atoms with E-state index in [2.05, 4.69) is 10.2 Å². The van der Waals surface area contributed by atoms with Crippen molar-refractivity contribution in [1.82, 2.24) is 15.5 Å². The molecule has 1 fully saturated rings. The molecule has 7 heteroatoms. The quantitative estimate of drug-likeness (QED) is 0.615. The average Bonchev–Trinajstić information content (AvgIpc) is 2.65. The van der Waals surface area contributed by atoms with Gasteiger partial charge in [0.05, 0.1) is 0 Å². The van der Waals surface area contributed by atoms with Gasteiger partial charge in [0.2, 0.25) is 5.91 Å². The van der Waals surface area contributed by atoms with Gasteiger partial charge in [-0.3, -0.25) is 10.1 Å². The van der Waals surface area contributed by atoms with Gasteiger partial charge in [0.15, 0.2) is 0 Å². The highest BCUT2D eigenvalue weighted by molar-refractivity contribution is 5.93. The van der Waals surface area contributed by atoms with E-state index in [1.165, 1.54) is 0 Å². The summed E-state index contributed by atoms with van der Waals surface area (Å²) in [4.78, 5) is 23.6. The van der Waals surface area contributed by atoms with Crippen LogP contribution in [0.3, 0.4) is 0 Å². The Hall–Kier alpha value is -0.850. The minimum Gasteiger partial charge on any atom is -0.351 e. The van der Waals surface area contributed by atoms with Gasteiger partial charge in [-0.1, -0.05) is 0 Å². The van der Waals surface area contributed by atoms with E-state index in [1.807, 2.05) is 12.4 Å². The van der Waals surface area contributed by atoms with E-state index in [1.54, 1.807) is 0 Å². The van der Waals surface area contributed by atoms with E-state index in [-0.39, 0.29) is 18.3 Å². The molecule has 1 heterocycles. The molecule has 0 spiro atoms. The smallest absolute Gasteiger partial charge is 0.318 e. The molecule has 1 aliphatic rings. The first kappa shape index (κ1) is 15.2. The van der Waals surface area contributed by atoms with E-state index in [0.717, 1.165) is 19.5 Å². The van der Waals surface area contributed by atoms with Crippen molar-refractivity contribution in [3.8, 4) is 0 Å². The first-order valence-electron chi connectivity index (χ1n) is 5.10.